The lowest BCUT2D eigenvalue weighted by atomic mass is 10.1. The molecular formula is C24H24FN3O3S. The highest BCUT2D eigenvalue weighted by atomic mass is 32.2. The molecule has 1 amide bonds. The van der Waals surface area contributed by atoms with Crippen molar-refractivity contribution in [2.24, 2.45) is 0 Å². The Morgan fingerprint density at radius 2 is 1.53 bits per heavy atom. The first-order chi connectivity index (χ1) is 15.4. The zero-order valence-electron chi connectivity index (χ0n) is 17.7. The quantitative estimate of drug-likeness (QED) is 0.592. The molecular weight excluding hydrogens is 429 g/mol. The molecule has 0 aromatic heterocycles. The summed E-state index contributed by atoms with van der Waals surface area (Å²) in [6, 6.07) is 21.4. The number of benzene rings is 3. The summed E-state index contributed by atoms with van der Waals surface area (Å²) in [4.78, 5) is 16.7. The van der Waals surface area contributed by atoms with Crippen LogP contribution in [0.15, 0.2) is 83.8 Å². The molecule has 0 unspecified atom stereocenters. The van der Waals surface area contributed by atoms with E-state index in [0.717, 1.165) is 0 Å². The maximum Gasteiger partial charge on any atom is 0.264 e. The van der Waals surface area contributed by atoms with Crippen LogP contribution < -0.4 is 9.21 Å². The predicted octanol–water partition coefficient (Wildman–Crippen LogP) is 3.61. The van der Waals surface area contributed by atoms with Crippen LogP contribution in [-0.2, 0) is 10.0 Å². The number of hydrogen-bond acceptors (Lipinski definition) is 4. The van der Waals surface area contributed by atoms with Crippen LogP contribution in [0.4, 0.5) is 15.8 Å². The van der Waals surface area contributed by atoms with E-state index >= 15 is 0 Å². The van der Waals surface area contributed by atoms with Crippen LogP contribution >= 0.6 is 0 Å². The van der Waals surface area contributed by atoms with Gasteiger partial charge in [-0.2, -0.15) is 0 Å². The first-order valence-corrected chi connectivity index (χ1v) is 11.7. The molecule has 3 aromatic rings. The average molecular weight is 454 g/mol. The largest absolute Gasteiger partial charge is 0.366 e. The highest BCUT2D eigenvalue weighted by Crippen LogP contribution is 2.24. The second-order valence-corrected chi connectivity index (χ2v) is 9.54. The Balaban J connectivity index is 1.49. The summed E-state index contributed by atoms with van der Waals surface area (Å²) >= 11 is 0. The second kappa shape index (κ2) is 9.00. The molecule has 6 nitrogen and oxygen atoms in total. The Bertz CT molecular complexity index is 1210. The van der Waals surface area contributed by atoms with Gasteiger partial charge in [-0.15, -0.1) is 0 Å². The zero-order valence-corrected chi connectivity index (χ0v) is 18.5. The predicted molar refractivity (Wildman–Crippen MR) is 123 cm³/mol. The molecule has 0 radical (unpaired) electrons. The SMILES string of the molecule is CN(c1ccccc1)S(=O)(=O)c1cccc(C(=O)N2CCN(c3ccccc3F)CC2)c1. The molecule has 0 aliphatic carbocycles. The summed E-state index contributed by atoms with van der Waals surface area (Å²) in [5, 5.41) is 0. The van der Waals surface area contributed by atoms with Crippen LogP contribution in [0.5, 0.6) is 0 Å². The molecule has 0 atom stereocenters. The number of amides is 1. The van der Waals surface area contributed by atoms with Crippen molar-refractivity contribution in [1.82, 2.24) is 4.90 Å². The monoisotopic (exact) mass is 453 g/mol. The Hall–Kier alpha value is -3.39. The van der Waals surface area contributed by atoms with Crippen molar-refractivity contribution in [2.45, 2.75) is 4.90 Å². The summed E-state index contributed by atoms with van der Waals surface area (Å²) in [6.45, 7) is 1.85. The second-order valence-electron chi connectivity index (χ2n) is 7.57. The molecule has 1 saturated heterocycles. The molecule has 1 aliphatic rings. The molecule has 3 aromatic carbocycles. The van der Waals surface area contributed by atoms with Gasteiger partial charge in [-0.05, 0) is 42.5 Å². The fourth-order valence-corrected chi connectivity index (χ4v) is 5.01. The normalized spacial score (nSPS) is 14.3. The van der Waals surface area contributed by atoms with Crippen molar-refractivity contribution >= 4 is 27.3 Å². The molecule has 1 heterocycles. The minimum atomic E-state index is -3.82. The standard InChI is InChI=1S/C24H24FN3O3S/c1-26(20-9-3-2-4-10-20)32(30,31)21-11-7-8-19(18-21)24(29)28-16-14-27(15-17-28)23-13-6-5-12-22(23)25/h2-13,18H,14-17H2,1H3. The van der Waals surface area contributed by atoms with Crippen LogP contribution in [0.1, 0.15) is 10.4 Å². The molecule has 166 valence electrons. The minimum Gasteiger partial charge on any atom is -0.366 e. The molecule has 0 spiro atoms. The van der Waals surface area contributed by atoms with Gasteiger partial charge in [0, 0.05) is 38.8 Å². The molecule has 1 aliphatic heterocycles. The van der Waals surface area contributed by atoms with Crippen molar-refractivity contribution in [3.8, 4) is 0 Å². The lowest BCUT2D eigenvalue weighted by Crippen LogP contribution is -2.49. The van der Waals surface area contributed by atoms with Crippen molar-refractivity contribution in [1.29, 1.82) is 0 Å². The highest BCUT2D eigenvalue weighted by molar-refractivity contribution is 7.92. The average Bonchev–Trinajstić information content (AvgIpc) is 2.84. The van der Waals surface area contributed by atoms with E-state index in [1.165, 1.54) is 29.6 Å². The molecule has 1 fully saturated rings. The van der Waals surface area contributed by atoms with E-state index in [1.807, 2.05) is 11.0 Å². The molecule has 0 bridgehead atoms. The molecule has 0 N–H and O–H groups in total. The lowest BCUT2D eigenvalue weighted by molar-refractivity contribution is 0.0746. The maximum absolute atomic E-state index is 14.1. The van der Waals surface area contributed by atoms with Gasteiger partial charge >= 0.3 is 0 Å². The number of anilines is 2. The van der Waals surface area contributed by atoms with Crippen LogP contribution in [-0.4, -0.2) is 52.5 Å². The topological polar surface area (TPSA) is 60.9 Å². The van der Waals surface area contributed by atoms with Crippen molar-refractivity contribution < 1.29 is 17.6 Å². The van der Waals surface area contributed by atoms with Gasteiger partial charge in [0.25, 0.3) is 15.9 Å². The van der Waals surface area contributed by atoms with Gasteiger partial charge in [0.15, 0.2) is 0 Å². The van der Waals surface area contributed by atoms with E-state index in [2.05, 4.69) is 0 Å². The number of sulfonamides is 1. The van der Waals surface area contributed by atoms with Crippen molar-refractivity contribution in [2.75, 3.05) is 42.4 Å². The molecule has 4 rings (SSSR count). The number of para-hydroxylation sites is 2. The van der Waals surface area contributed by atoms with Crippen LogP contribution in [0.3, 0.4) is 0 Å². The molecule has 0 saturated carbocycles. The number of nitrogens with zero attached hydrogens (tertiary/aromatic N) is 3. The fraction of sp³-hybridized carbons (Fsp3) is 0.208. The number of rotatable bonds is 5. The van der Waals surface area contributed by atoms with Crippen molar-refractivity contribution in [3.63, 3.8) is 0 Å². The summed E-state index contributed by atoms with van der Waals surface area (Å²) in [5.74, 6) is -0.523. The van der Waals surface area contributed by atoms with Gasteiger partial charge in [0.05, 0.1) is 16.3 Å². The fourth-order valence-electron chi connectivity index (χ4n) is 3.77. The van der Waals surface area contributed by atoms with Crippen molar-refractivity contribution in [3.05, 3.63) is 90.2 Å². The molecule has 32 heavy (non-hydrogen) atoms. The number of piperazine rings is 1. The smallest absolute Gasteiger partial charge is 0.264 e. The van der Waals surface area contributed by atoms with E-state index in [1.54, 1.807) is 59.5 Å². The van der Waals surface area contributed by atoms with Gasteiger partial charge in [-0.3, -0.25) is 9.10 Å². The third kappa shape index (κ3) is 4.31. The highest BCUT2D eigenvalue weighted by Gasteiger charge is 2.26. The van der Waals surface area contributed by atoms with E-state index in [9.17, 15) is 17.6 Å². The van der Waals surface area contributed by atoms with Gasteiger partial charge in [0.2, 0.25) is 0 Å². The first kappa shape index (κ1) is 21.8. The third-order valence-corrected chi connectivity index (χ3v) is 7.40. The van der Waals surface area contributed by atoms with E-state index in [0.29, 0.717) is 43.1 Å². The summed E-state index contributed by atoms with van der Waals surface area (Å²) < 4.78 is 41.4. The Labute approximate surface area is 187 Å². The van der Waals surface area contributed by atoms with Crippen LogP contribution in [0, 0.1) is 5.82 Å². The van der Waals surface area contributed by atoms with Gasteiger partial charge < -0.3 is 9.80 Å². The van der Waals surface area contributed by atoms with E-state index < -0.39 is 10.0 Å². The summed E-state index contributed by atoms with van der Waals surface area (Å²) in [5.41, 5.74) is 1.37. The zero-order chi connectivity index (χ0) is 22.7. The summed E-state index contributed by atoms with van der Waals surface area (Å²) in [6.07, 6.45) is 0. The molecule has 8 heteroatoms. The first-order valence-electron chi connectivity index (χ1n) is 10.3. The Kier molecular flexibility index (Phi) is 6.14. The maximum atomic E-state index is 14.1. The Morgan fingerprint density at radius 1 is 0.875 bits per heavy atom. The van der Waals surface area contributed by atoms with Crippen LogP contribution in [0.2, 0.25) is 0 Å². The van der Waals surface area contributed by atoms with Gasteiger partial charge in [-0.1, -0.05) is 36.4 Å². The lowest BCUT2D eigenvalue weighted by Gasteiger charge is -2.36. The Morgan fingerprint density at radius 3 is 2.22 bits per heavy atom. The van der Waals surface area contributed by atoms with Crippen LogP contribution in [0.25, 0.3) is 0 Å². The number of hydrogen-bond donors (Lipinski definition) is 0. The van der Waals surface area contributed by atoms with E-state index in [4.69, 9.17) is 0 Å². The number of halogens is 1. The number of carbonyl (C=O) groups excluding carboxylic acids is 1. The number of carbonyl (C=O) groups is 1. The third-order valence-electron chi connectivity index (χ3n) is 5.62. The summed E-state index contributed by atoms with van der Waals surface area (Å²) in [7, 11) is -2.33. The van der Waals surface area contributed by atoms with Gasteiger partial charge in [-0.25, -0.2) is 12.8 Å². The van der Waals surface area contributed by atoms with E-state index in [-0.39, 0.29) is 16.6 Å². The minimum absolute atomic E-state index is 0.0553. The van der Waals surface area contributed by atoms with Gasteiger partial charge in [0.1, 0.15) is 5.82 Å².